The summed E-state index contributed by atoms with van der Waals surface area (Å²) in [6.45, 7) is 6.12. The highest BCUT2D eigenvalue weighted by Crippen LogP contribution is 2.25. The number of hydrogen-bond donors (Lipinski definition) is 0. The summed E-state index contributed by atoms with van der Waals surface area (Å²) in [5.74, 6) is 0. The van der Waals surface area contributed by atoms with Gasteiger partial charge in [0, 0.05) is 12.4 Å². The molecule has 3 rings (SSSR count). The fourth-order valence-corrected chi connectivity index (χ4v) is 2.15. The first kappa shape index (κ1) is 14.9. The van der Waals surface area contributed by atoms with Gasteiger partial charge in [0.1, 0.15) is 0 Å². The molecular formula is C19H20N2. The summed E-state index contributed by atoms with van der Waals surface area (Å²) in [6.07, 6.45) is 3.63. The Labute approximate surface area is 126 Å². The smallest absolute Gasteiger partial charge is 0.0892 e. The van der Waals surface area contributed by atoms with Gasteiger partial charge in [-0.3, -0.25) is 9.97 Å². The van der Waals surface area contributed by atoms with Crippen molar-refractivity contribution in [2.24, 2.45) is 0 Å². The van der Waals surface area contributed by atoms with Gasteiger partial charge in [-0.25, -0.2) is 0 Å². The average Bonchev–Trinajstić information content (AvgIpc) is 2.58. The second kappa shape index (κ2) is 7.34. The predicted molar refractivity (Wildman–Crippen MR) is 89.0 cm³/mol. The van der Waals surface area contributed by atoms with Crippen molar-refractivity contribution >= 4 is 0 Å². The molecule has 0 atom stereocenters. The Kier molecular flexibility index (Phi) is 5.22. The summed E-state index contributed by atoms with van der Waals surface area (Å²) in [6, 6.07) is 18.4. The van der Waals surface area contributed by atoms with Crippen LogP contribution in [0.1, 0.15) is 19.4 Å². The Hall–Kier alpha value is -2.48. The minimum absolute atomic E-state index is 0.901. The molecule has 2 heterocycles. The van der Waals surface area contributed by atoms with Crippen LogP contribution >= 0.6 is 0 Å². The van der Waals surface area contributed by atoms with Crippen LogP contribution in [0.25, 0.3) is 22.5 Å². The van der Waals surface area contributed by atoms with Gasteiger partial charge in [0.2, 0.25) is 0 Å². The summed E-state index contributed by atoms with van der Waals surface area (Å²) in [7, 11) is 0. The minimum atomic E-state index is 0.901. The monoisotopic (exact) mass is 276 g/mol. The molecule has 2 heteroatoms. The fourth-order valence-electron chi connectivity index (χ4n) is 2.15. The van der Waals surface area contributed by atoms with Crippen molar-refractivity contribution in [2.45, 2.75) is 20.8 Å². The Balaban J connectivity index is 0.000000774. The van der Waals surface area contributed by atoms with Gasteiger partial charge in [0.15, 0.2) is 0 Å². The zero-order valence-corrected chi connectivity index (χ0v) is 12.7. The summed E-state index contributed by atoms with van der Waals surface area (Å²) in [5, 5.41) is 0. The van der Waals surface area contributed by atoms with E-state index >= 15 is 0 Å². The third-order valence-electron chi connectivity index (χ3n) is 3.14. The quantitative estimate of drug-likeness (QED) is 0.647. The van der Waals surface area contributed by atoms with E-state index in [-0.39, 0.29) is 0 Å². The number of pyridine rings is 2. The first-order valence-corrected chi connectivity index (χ1v) is 7.28. The van der Waals surface area contributed by atoms with Crippen molar-refractivity contribution in [3.63, 3.8) is 0 Å². The van der Waals surface area contributed by atoms with Gasteiger partial charge in [-0.15, -0.1) is 0 Å². The number of benzene rings is 1. The molecule has 0 aliphatic heterocycles. The van der Waals surface area contributed by atoms with E-state index in [0.29, 0.717) is 0 Å². The lowest BCUT2D eigenvalue weighted by molar-refractivity contribution is 1.25. The molecular weight excluding hydrogens is 256 g/mol. The Bertz CT molecular complexity index is 691. The molecule has 2 nitrogen and oxygen atoms in total. The lowest BCUT2D eigenvalue weighted by Crippen LogP contribution is -1.88. The van der Waals surface area contributed by atoms with Gasteiger partial charge in [-0.05, 0) is 47.9 Å². The molecule has 0 unspecified atom stereocenters. The molecule has 0 aliphatic rings. The van der Waals surface area contributed by atoms with E-state index in [1.54, 1.807) is 6.20 Å². The van der Waals surface area contributed by atoms with Gasteiger partial charge < -0.3 is 0 Å². The third-order valence-corrected chi connectivity index (χ3v) is 3.14. The SMILES string of the molecule is CC.Cc1ccccc1-c1ccnc(-c2ccccn2)c1. The van der Waals surface area contributed by atoms with Crippen molar-refractivity contribution in [1.82, 2.24) is 9.97 Å². The summed E-state index contributed by atoms with van der Waals surface area (Å²) in [5.41, 5.74) is 5.48. The van der Waals surface area contributed by atoms with Crippen molar-refractivity contribution in [3.05, 3.63) is 72.6 Å². The molecule has 0 N–H and O–H groups in total. The van der Waals surface area contributed by atoms with Crippen LogP contribution in [-0.2, 0) is 0 Å². The highest BCUT2D eigenvalue weighted by molar-refractivity contribution is 5.71. The van der Waals surface area contributed by atoms with Crippen molar-refractivity contribution in [2.75, 3.05) is 0 Å². The lowest BCUT2D eigenvalue weighted by Gasteiger charge is -2.07. The topological polar surface area (TPSA) is 25.8 Å². The minimum Gasteiger partial charge on any atom is -0.255 e. The molecule has 2 aromatic heterocycles. The predicted octanol–water partition coefficient (Wildman–Crippen LogP) is 5.15. The maximum atomic E-state index is 4.40. The van der Waals surface area contributed by atoms with Crippen LogP contribution in [0.5, 0.6) is 0 Å². The van der Waals surface area contributed by atoms with Gasteiger partial charge >= 0.3 is 0 Å². The molecule has 0 amide bonds. The number of nitrogens with zero attached hydrogens (tertiary/aromatic N) is 2. The molecule has 21 heavy (non-hydrogen) atoms. The van der Waals surface area contributed by atoms with E-state index in [4.69, 9.17) is 0 Å². The number of rotatable bonds is 2. The van der Waals surface area contributed by atoms with E-state index < -0.39 is 0 Å². The Morgan fingerprint density at radius 3 is 2.14 bits per heavy atom. The van der Waals surface area contributed by atoms with Crippen LogP contribution in [0.15, 0.2) is 67.0 Å². The third kappa shape index (κ3) is 3.54. The van der Waals surface area contributed by atoms with E-state index in [2.05, 4.69) is 47.2 Å². The van der Waals surface area contributed by atoms with Crippen LogP contribution in [0.4, 0.5) is 0 Å². The van der Waals surface area contributed by atoms with E-state index in [0.717, 1.165) is 11.4 Å². The van der Waals surface area contributed by atoms with Crippen molar-refractivity contribution in [3.8, 4) is 22.5 Å². The first-order valence-electron chi connectivity index (χ1n) is 7.28. The highest BCUT2D eigenvalue weighted by atomic mass is 14.8. The van der Waals surface area contributed by atoms with E-state index in [1.165, 1.54) is 16.7 Å². The van der Waals surface area contributed by atoms with Crippen LogP contribution in [0.2, 0.25) is 0 Å². The molecule has 0 bridgehead atoms. The highest BCUT2D eigenvalue weighted by Gasteiger charge is 2.04. The number of aryl methyl sites for hydroxylation is 1. The largest absolute Gasteiger partial charge is 0.255 e. The summed E-state index contributed by atoms with van der Waals surface area (Å²) >= 11 is 0. The van der Waals surface area contributed by atoms with Gasteiger partial charge in [0.05, 0.1) is 11.4 Å². The van der Waals surface area contributed by atoms with Crippen LogP contribution < -0.4 is 0 Å². The van der Waals surface area contributed by atoms with Crippen molar-refractivity contribution in [1.29, 1.82) is 0 Å². The zero-order valence-electron chi connectivity index (χ0n) is 12.7. The van der Waals surface area contributed by atoms with Crippen LogP contribution in [0.3, 0.4) is 0 Å². The van der Waals surface area contributed by atoms with Gasteiger partial charge in [0.25, 0.3) is 0 Å². The number of aromatic nitrogens is 2. The zero-order chi connectivity index (χ0) is 15.1. The van der Waals surface area contributed by atoms with Gasteiger partial charge in [-0.1, -0.05) is 44.2 Å². The molecule has 0 radical (unpaired) electrons. The van der Waals surface area contributed by atoms with E-state index in [1.807, 2.05) is 44.3 Å². The first-order chi connectivity index (χ1) is 10.3. The van der Waals surface area contributed by atoms with E-state index in [9.17, 15) is 0 Å². The van der Waals surface area contributed by atoms with Crippen LogP contribution in [-0.4, -0.2) is 9.97 Å². The molecule has 0 saturated carbocycles. The number of hydrogen-bond acceptors (Lipinski definition) is 2. The average molecular weight is 276 g/mol. The molecule has 106 valence electrons. The molecule has 3 aromatic rings. The molecule has 1 aromatic carbocycles. The molecule has 0 aliphatic carbocycles. The molecule has 0 spiro atoms. The second-order valence-electron chi connectivity index (χ2n) is 4.46. The second-order valence-corrected chi connectivity index (χ2v) is 4.46. The fraction of sp³-hybridized carbons (Fsp3) is 0.158. The standard InChI is InChI=1S/C17H14N2.C2H6/c1-13-6-2-3-7-15(13)14-9-11-19-17(12-14)16-8-4-5-10-18-16;1-2/h2-12H,1H3;1-2H3. The van der Waals surface area contributed by atoms with Crippen molar-refractivity contribution < 1.29 is 0 Å². The normalized spacial score (nSPS) is 9.67. The lowest BCUT2D eigenvalue weighted by atomic mass is 10.0. The molecule has 0 fully saturated rings. The molecule has 0 saturated heterocycles. The Morgan fingerprint density at radius 1 is 0.714 bits per heavy atom. The Morgan fingerprint density at radius 2 is 1.43 bits per heavy atom. The summed E-state index contributed by atoms with van der Waals surface area (Å²) in [4.78, 5) is 8.75. The van der Waals surface area contributed by atoms with Gasteiger partial charge in [-0.2, -0.15) is 0 Å². The maximum Gasteiger partial charge on any atom is 0.0892 e. The summed E-state index contributed by atoms with van der Waals surface area (Å²) < 4.78 is 0. The van der Waals surface area contributed by atoms with Crippen LogP contribution in [0, 0.1) is 6.92 Å². The maximum absolute atomic E-state index is 4.40.